The normalized spacial score (nSPS) is 17.4. The summed E-state index contributed by atoms with van der Waals surface area (Å²) in [5.74, 6) is 1.01. The second-order valence-corrected chi connectivity index (χ2v) is 5.45. The molecule has 0 spiro atoms. The summed E-state index contributed by atoms with van der Waals surface area (Å²) < 4.78 is 5.85. The quantitative estimate of drug-likeness (QED) is 0.743. The molecule has 2 nitrogen and oxygen atoms in total. The molecule has 1 aromatic carbocycles. The van der Waals surface area contributed by atoms with E-state index in [1.807, 2.05) is 24.3 Å². The number of allylic oxidation sites excluding steroid dienone is 8. The predicted molar refractivity (Wildman–Crippen MR) is 91.4 cm³/mol. The van der Waals surface area contributed by atoms with Gasteiger partial charge in [-0.1, -0.05) is 61.2 Å². The molecule has 2 heteroatoms. The van der Waals surface area contributed by atoms with E-state index in [9.17, 15) is 0 Å². The second kappa shape index (κ2) is 6.99. The van der Waals surface area contributed by atoms with Crippen molar-refractivity contribution in [3.8, 4) is 5.75 Å². The van der Waals surface area contributed by atoms with Crippen molar-refractivity contribution in [2.24, 2.45) is 0 Å². The van der Waals surface area contributed by atoms with E-state index in [0.717, 1.165) is 25.1 Å². The number of para-hydroxylation sites is 1. The van der Waals surface area contributed by atoms with Crippen LogP contribution in [0.25, 0.3) is 0 Å². The number of benzene rings is 1. The second-order valence-electron chi connectivity index (χ2n) is 5.45. The molecule has 0 saturated carbocycles. The van der Waals surface area contributed by atoms with Gasteiger partial charge in [0.2, 0.25) is 0 Å². The van der Waals surface area contributed by atoms with Crippen LogP contribution in [-0.4, -0.2) is 11.6 Å². The molecule has 1 aromatic rings. The molecule has 0 fully saturated rings. The summed E-state index contributed by atoms with van der Waals surface area (Å²) in [5, 5.41) is 0. The zero-order chi connectivity index (χ0) is 15.2. The molecule has 0 atom stereocenters. The lowest BCUT2D eigenvalue weighted by Crippen LogP contribution is -2.31. The fraction of sp³-hybridized carbons (Fsp3) is 0.200. The van der Waals surface area contributed by atoms with E-state index in [1.165, 1.54) is 16.8 Å². The van der Waals surface area contributed by atoms with Crippen LogP contribution in [0.5, 0.6) is 5.75 Å². The Kier molecular flexibility index (Phi) is 4.59. The van der Waals surface area contributed by atoms with Crippen molar-refractivity contribution in [1.82, 2.24) is 4.90 Å². The zero-order valence-corrected chi connectivity index (χ0v) is 12.7. The smallest absolute Gasteiger partial charge is 0.161 e. The number of hydrogen-bond donors (Lipinski definition) is 0. The molecular weight excluding hydrogens is 270 g/mol. The van der Waals surface area contributed by atoms with Gasteiger partial charge >= 0.3 is 0 Å². The van der Waals surface area contributed by atoms with Crippen LogP contribution in [0, 0.1) is 0 Å². The van der Waals surface area contributed by atoms with Gasteiger partial charge in [-0.2, -0.15) is 0 Å². The average molecular weight is 291 g/mol. The van der Waals surface area contributed by atoms with Gasteiger partial charge in [0, 0.05) is 24.2 Å². The van der Waals surface area contributed by atoms with Gasteiger partial charge in [0.25, 0.3) is 0 Å². The topological polar surface area (TPSA) is 12.5 Å². The van der Waals surface area contributed by atoms with Gasteiger partial charge in [-0.05, 0) is 24.1 Å². The number of hydrogen-bond acceptors (Lipinski definition) is 2. The number of fused-ring (bicyclic) bond motifs is 1. The Labute approximate surface area is 132 Å². The number of ether oxygens (including phenoxy) is 1. The Hall–Kier alpha value is -2.48. The van der Waals surface area contributed by atoms with Gasteiger partial charge in [0.1, 0.15) is 5.75 Å². The molecule has 0 radical (unpaired) electrons. The summed E-state index contributed by atoms with van der Waals surface area (Å²) in [4.78, 5) is 2.30. The van der Waals surface area contributed by atoms with E-state index in [0.29, 0.717) is 6.73 Å². The van der Waals surface area contributed by atoms with Crippen LogP contribution in [0.4, 0.5) is 0 Å². The molecule has 1 aliphatic carbocycles. The van der Waals surface area contributed by atoms with Crippen molar-refractivity contribution >= 4 is 0 Å². The SMILES string of the molecule is C=C/C=C/CC1=CC=C(N2COc3ccccc3C2)CC=C1. The minimum Gasteiger partial charge on any atom is -0.473 e. The van der Waals surface area contributed by atoms with Crippen molar-refractivity contribution in [3.05, 3.63) is 90.2 Å². The maximum Gasteiger partial charge on any atom is 0.161 e. The van der Waals surface area contributed by atoms with E-state index in [-0.39, 0.29) is 0 Å². The van der Waals surface area contributed by atoms with Crippen LogP contribution in [0.3, 0.4) is 0 Å². The standard InChI is InChI=1S/C20H21NO/c1-2-3-4-8-17-9-7-11-19(14-13-17)21-15-18-10-5-6-12-20(18)22-16-21/h2-7,9-10,12-14H,1,8,11,15-16H2/b4-3+. The fourth-order valence-electron chi connectivity index (χ4n) is 2.69. The highest BCUT2D eigenvalue weighted by Gasteiger charge is 2.18. The Balaban J connectivity index is 1.72. The van der Waals surface area contributed by atoms with Gasteiger partial charge in [-0.25, -0.2) is 0 Å². The zero-order valence-electron chi connectivity index (χ0n) is 12.7. The molecule has 1 aliphatic heterocycles. The van der Waals surface area contributed by atoms with E-state index < -0.39 is 0 Å². The van der Waals surface area contributed by atoms with Crippen molar-refractivity contribution in [1.29, 1.82) is 0 Å². The lowest BCUT2D eigenvalue weighted by molar-refractivity contribution is 0.126. The first-order valence-electron chi connectivity index (χ1n) is 7.66. The van der Waals surface area contributed by atoms with Gasteiger partial charge in [0.05, 0.1) is 0 Å². The summed E-state index contributed by atoms with van der Waals surface area (Å²) in [6.07, 6.45) is 16.7. The summed E-state index contributed by atoms with van der Waals surface area (Å²) in [5.41, 5.74) is 3.86. The first-order valence-corrected chi connectivity index (χ1v) is 7.66. The van der Waals surface area contributed by atoms with Gasteiger partial charge < -0.3 is 9.64 Å². The van der Waals surface area contributed by atoms with Crippen LogP contribution < -0.4 is 4.74 Å². The lowest BCUT2D eigenvalue weighted by Gasteiger charge is -2.32. The Morgan fingerprint density at radius 3 is 3.05 bits per heavy atom. The molecule has 3 rings (SSSR count). The minimum absolute atomic E-state index is 0.621. The number of nitrogens with zero attached hydrogens (tertiary/aromatic N) is 1. The third-order valence-electron chi connectivity index (χ3n) is 3.89. The monoisotopic (exact) mass is 291 g/mol. The Bertz CT molecular complexity index is 664. The summed E-state index contributed by atoms with van der Waals surface area (Å²) in [6, 6.07) is 8.26. The summed E-state index contributed by atoms with van der Waals surface area (Å²) in [6.45, 7) is 5.23. The highest BCUT2D eigenvalue weighted by Crippen LogP contribution is 2.28. The Morgan fingerprint density at radius 2 is 2.14 bits per heavy atom. The van der Waals surface area contributed by atoms with Crippen molar-refractivity contribution < 1.29 is 4.74 Å². The average Bonchev–Trinajstić information content (AvgIpc) is 2.80. The minimum atomic E-state index is 0.621. The van der Waals surface area contributed by atoms with E-state index in [4.69, 9.17) is 4.74 Å². The van der Waals surface area contributed by atoms with Crippen LogP contribution in [-0.2, 0) is 6.54 Å². The van der Waals surface area contributed by atoms with Gasteiger partial charge in [-0.3, -0.25) is 0 Å². The first kappa shape index (κ1) is 14.5. The van der Waals surface area contributed by atoms with E-state index in [1.54, 1.807) is 0 Å². The maximum atomic E-state index is 5.85. The third-order valence-corrected chi connectivity index (χ3v) is 3.89. The molecule has 1 heterocycles. The van der Waals surface area contributed by atoms with Crippen LogP contribution in [0.2, 0.25) is 0 Å². The first-order chi connectivity index (χ1) is 10.9. The molecule has 2 aliphatic rings. The predicted octanol–water partition coefficient (Wildman–Crippen LogP) is 4.74. The van der Waals surface area contributed by atoms with Crippen molar-refractivity contribution in [3.63, 3.8) is 0 Å². The molecule has 0 saturated heterocycles. The van der Waals surface area contributed by atoms with E-state index >= 15 is 0 Å². The molecule has 0 amide bonds. The highest BCUT2D eigenvalue weighted by atomic mass is 16.5. The van der Waals surface area contributed by atoms with Crippen molar-refractivity contribution in [2.45, 2.75) is 19.4 Å². The lowest BCUT2D eigenvalue weighted by atomic mass is 10.1. The largest absolute Gasteiger partial charge is 0.473 e. The Morgan fingerprint density at radius 1 is 1.23 bits per heavy atom. The van der Waals surface area contributed by atoms with Crippen molar-refractivity contribution in [2.75, 3.05) is 6.73 Å². The summed E-state index contributed by atoms with van der Waals surface area (Å²) in [7, 11) is 0. The molecule has 22 heavy (non-hydrogen) atoms. The molecule has 0 aromatic heterocycles. The maximum absolute atomic E-state index is 5.85. The molecule has 112 valence electrons. The summed E-state index contributed by atoms with van der Waals surface area (Å²) >= 11 is 0. The fourth-order valence-corrected chi connectivity index (χ4v) is 2.69. The van der Waals surface area contributed by atoms with E-state index in [2.05, 4.69) is 54.0 Å². The molecule has 0 bridgehead atoms. The molecule has 0 unspecified atom stereocenters. The number of rotatable bonds is 4. The molecule has 0 N–H and O–H groups in total. The van der Waals surface area contributed by atoms with Crippen LogP contribution in [0.1, 0.15) is 18.4 Å². The van der Waals surface area contributed by atoms with Crippen LogP contribution in [0.15, 0.2) is 84.6 Å². The molecular formula is C20H21NO. The highest BCUT2D eigenvalue weighted by molar-refractivity contribution is 5.36. The van der Waals surface area contributed by atoms with Gasteiger partial charge in [0.15, 0.2) is 6.73 Å². The third kappa shape index (κ3) is 3.40. The van der Waals surface area contributed by atoms with Gasteiger partial charge in [-0.15, -0.1) is 0 Å². The van der Waals surface area contributed by atoms with Crippen LogP contribution >= 0.6 is 0 Å².